The molecular weight excluding hydrogens is 280 g/mol. The number of aliphatic hydroxyl groups excluding tert-OH is 1. The van der Waals surface area contributed by atoms with Crippen LogP contribution in [0.3, 0.4) is 0 Å². The number of Topliss-reactive ketones (excluding diaryl/α,β-unsaturated/α-hetero) is 1. The molecule has 1 atom stereocenters. The molecule has 1 aliphatic rings. The highest BCUT2D eigenvalue weighted by molar-refractivity contribution is 9.10. The van der Waals surface area contributed by atoms with Gasteiger partial charge in [0.05, 0.1) is 0 Å². The van der Waals surface area contributed by atoms with Crippen LogP contribution in [0.2, 0.25) is 0 Å². The molecule has 2 rings (SSSR count). The molecule has 0 saturated heterocycles. The van der Waals surface area contributed by atoms with Crippen molar-refractivity contribution >= 4 is 21.7 Å². The highest BCUT2D eigenvalue weighted by atomic mass is 79.9. The summed E-state index contributed by atoms with van der Waals surface area (Å²) in [5, 5.41) is 10.1. The Hall–Kier alpha value is -0.670. The number of carbonyl (C=O) groups is 1. The molecular formula is C14H17BrO2. The average Bonchev–Trinajstić information content (AvgIpc) is 2.39. The van der Waals surface area contributed by atoms with Crippen molar-refractivity contribution in [3.05, 3.63) is 34.3 Å². The Balaban J connectivity index is 2.05. The Morgan fingerprint density at radius 3 is 2.35 bits per heavy atom. The van der Waals surface area contributed by atoms with Gasteiger partial charge in [0, 0.05) is 10.4 Å². The summed E-state index contributed by atoms with van der Waals surface area (Å²) in [5.74, 6) is 0.0504. The van der Waals surface area contributed by atoms with E-state index >= 15 is 0 Å². The molecule has 92 valence electrons. The molecule has 0 bridgehead atoms. The number of aliphatic hydroxyl groups is 1. The summed E-state index contributed by atoms with van der Waals surface area (Å²) in [6.45, 7) is 0. The Labute approximate surface area is 110 Å². The standard InChI is InChI=1S/C14H17BrO2/c15-12-8-6-11(7-9-12)14(17)13(16)10-4-2-1-3-5-10/h6-10,14,17H,1-5H2. The Kier molecular flexibility index (Phi) is 4.35. The quantitative estimate of drug-likeness (QED) is 0.925. The molecule has 0 heterocycles. The highest BCUT2D eigenvalue weighted by Crippen LogP contribution is 2.29. The van der Waals surface area contributed by atoms with Crippen molar-refractivity contribution in [1.82, 2.24) is 0 Å². The van der Waals surface area contributed by atoms with E-state index in [1.165, 1.54) is 6.42 Å². The molecule has 17 heavy (non-hydrogen) atoms. The molecule has 0 spiro atoms. The SMILES string of the molecule is O=C(C1CCCCC1)C(O)c1ccc(Br)cc1. The zero-order chi connectivity index (χ0) is 12.3. The summed E-state index contributed by atoms with van der Waals surface area (Å²) in [6.07, 6.45) is 4.37. The lowest BCUT2D eigenvalue weighted by atomic mass is 9.83. The van der Waals surface area contributed by atoms with Gasteiger partial charge < -0.3 is 5.11 Å². The van der Waals surface area contributed by atoms with Crippen molar-refractivity contribution in [3.63, 3.8) is 0 Å². The summed E-state index contributed by atoms with van der Waals surface area (Å²) >= 11 is 3.34. The number of hydrogen-bond donors (Lipinski definition) is 1. The molecule has 1 aromatic rings. The third-order valence-electron chi connectivity index (χ3n) is 3.46. The monoisotopic (exact) mass is 296 g/mol. The summed E-state index contributed by atoms with van der Waals surface area (Å²) in [7, 11) is 0. The van der Waals surface area contributed by atoms with Crippen molar-refractivity contribution in [2.24, 2.45) is 5.92 Å². The molecule has 2 nitrogen and oxygen atoms in total. The summed E-state index contributed by atoms with van der Waals surface area (Å²) in [6, 6.07) is 7.31. The van der Waals surface area contributed by atoms with Gasteiger partial charge in [0.15, 0.2) is 5.78 Å². The van der Waals surface area contributed by atoms with Crippen molar-refractivity contribution in [1.29, 1.82) is 0 Å². The normalized spacial score (nSPS) is 18.9. The van der Waals surface area contributed by atoms with Crippen LogP contribution in [0, 0.1) is 5.92 Å². The molecule has 1 aromatic carbocycles. The van der Waals surface area contributed by atoms with Gasteiger partial charge in [-0.25, -0.2) is 0 Å². The second-order valence-electron chi connectivity index (χ2n) is 4.69. The zero-order valence-corrected chi connectivity index (χ0v) is 11.3. The number of ketones is 1. The third-order valence-corrected chi connectivity index (χ3v) is 3.99. The van der Waals surface area contributed by atoms with Gasteiger partial charge in [-0.2, -0.15) is 0 Å². The Bertz CT molecular complexity index is 380. The molecule has 1 fully saturated rings. The Morgan fingerprint density at radius 1 is 1.18 bits per heavy atom. The van der Waals surface area contributed by atoms with Crippen LogP contribution in [0.25, 0.3) is 0 Å². The Morgan fingerprint density at radius 2 is 1.76 bits per heavy atom. The molecule has 0 amide bonds. The van der Waals surface area contributed by atoms with Crippen LogP contribution in [-0.2, 0) is 4.79 Å². The van der Waals surface area contributed by atoms with Crippen molar-refractivity contribution in [2.75, 3.05) is 0 Å². The van der Waals surface area contributed by atoms with E-state index in [4.69, 9.17) is 0 Å². The fourth-order valence-electron chi connectivity index (χ4n) is 2.42. The van der Waals surface area contributed by atoms with Gasteiger partial charge in [0.1, 0.15) is 6.10 Å². The van der Waals surface area contributed by atoms with Gasteiger partial charge in [0.2, 0.25) is 0 Å². The summed E-state index contributed by atoms with van der Waals surface area (Å²) in [4.78, 5) is 12.1. The zero-order valence-electron chi connectivity index (χ0n) is 9.73. The minimum atomic E-state index is -0.953. The third kappa shape index (κ3) is 3.17. The van der Waals surface area contributed by atoms with E-state index in [1.807, 2.05) is 12.1 Å². The van der Waals surface area contributed by atoms with Gasteiger partial charge in [-0.1, -0.05) is 47.3 Å². The van der Waals surface area contributed by atoms with E-state index in [1.54, 1.807) is 12.1 Å². The largest absolute Gasteiger partial charge is 0.381 e. The maximum absolute atomic E-state index is 12.1. The second kappa shape index (κ2) is 5.78. The summed E-state index contributed by atoms with van der Waals surface area (Å²) < 4.78 is 0.957. The van der Waals surface area contributed by atoms with E-state index < -0.39 is 6.10 Å². The van der Waals surface area contributed by atoms with E-state index in [-0.39, 0.29) is 11.7 Å². The molecule has 3 heteroatoms. The maximum Gasteiger partial charge on any atom is 0.168 e. The fraction of sp³-hybridized carbons (Fsp3) is 0.500. The number of halogens is 1. The molecule has 1 unspecified atom stereocenters. The molecule has 0 aromatic heterocycles. The van der Waals surface area contributed by atoms with E-state index in [2.05, 4.69) is 15.9 Å². The minimum absolute atomic E-state index is 0.00739. The van der Waals surface area contributed by atoms with Gasteiger partial charge in [-0.15, -0.1) is 0 Å². The van der Waals surface area contributed by atoms with Crippen molar-refractivity contribution in [2.45, 2.75) is 38.2 Å². The molecule has 1 saturated carbocycles. The van der Waals surface area contributed by atoms with E-state index in [0.29, 0.717) is 5.56 Å². The van der Waals surface area contributed by atoms with Crippen LogP contribution < -0.4 is 0 Å². The van der Waals surface area contributed by atoms with Crippen molar-refractivity contribution < 1.29 is 9.90 Å². The lowest BCUT2D eigenvalue weighted by molar-refractivity contribution is -0.132. The first-order valence-electron chi connectivity index (χ1n) is 6.16. The van der Waals surface area contributed by atoms with Gasteiger partial charge in [-0.05, 0) is 30.5 Å². The van der Waals surface area contributed by atoms with Crippen molar-refractivity contribution in [3.8, 4) is 0 Å². The van der Waals surface area contributed by atoms with Crippen LogP contribution >= 0.6 is 15.9 Å². The van der Waals surface area contributed by atoms with Gasteiger partial charge in [0.25, 0.3) is 0 Å². The average molecular weight is 297 g/mol. The minimum Gasteiger partial charge on any atom is -0.381 e. The highest BCUT2D eigenvalue weighted by Gasteiger charge is 2.27. The molecule has 1 aliphatic carbocycles. The number of hydrogen-bond acceptors (Lipinski definition) is 2. The van der Waals surface area contributed by atoms with Crippen LogP contribution in [-0.4, -0.2) is 10.9 Å². The number of rotatable bonds is 3. The first-order valence-corrected chi connectivity index (χ1v) is 6.95. The second-order valence-corrected chi connectivity index (χ2v) is 5.61. The maximum atomic E-state index is 12.1. The number of benzene rings is 1. The van der Waals surface area contributed by atoms with Gasteiger partial charge in [-0.3, -0.25) is 4.79 Å². The van der Waals surface area contributed by atoms with Crippen LogP contribution in [0.5, 0.6) is 0 Å². The van der Waals surface area contributed by atoms with Crippen LogP contribution in [0.1, 0.15) is 43.8 Å². The predicted molar refractivity (Wildman–Crippen MR) is 70.7 cm³/mol. The lowest BCUT2D eigenvalue weighted by Gasteiger charge is -2.22. The fourth-order valence-corrected chi connectivity index (χ4v) is 2.68. The lowest BCUT2D eigenvalue weighted by Crippen LogP contribution is -2.24. The predicted octanol–water partition coefficient (Wildman–Crippen LogP) is 3.63. The number of carbonyl (C=O) groups excluding carboxylic acids is 1. The molecule has 1 N–H and O–H groups in total. The molecule has 0 radical (unpaired) electrons. The smallest absolute Gasteiger partial charge is 0.168 e. The molecule has 0 aliphatic heterocycles. The van der Waals surface area contributed by atoms with Crippen LogP contribution in [0.15, 0.2) is 28.7 Å². The van der Waals surface area contributed by atoms with Gasteiger partial charge >= 0.3 is 0 Å². The van der Waals surface area contributed by atoms with E-state index in [9.17, 15) is 9.90 Å². The summed E-state index contributed by atoms with van der Waals surface area (Å²) in [5.41, 5.74) is 0.698. The van der Waals surface area contributed by atoms with E-state index in [0.717, 1.165) is 30.2 Å². The first kappa shape index (κ1) is 12.8. The topological polar surface area (TPSA) is 37.3 Å². The first-order chi connectivity index (χ1) is 8.18. The van der Waals surface area contributed by atoms with Crippen LogP contribution in [0.4, 0.5) is 0 Å².